The van der Waals surface area contributed by atoms with E-state index < -0.39 is 0 Å². The molecule has 1 atom stereocenters. The van der Waals surface area contributed by atoms with E-state index in [-0.39, 0.29) is 0 Å². The Morgan fingerprint density at radius 2 is 2.29 bits per heavy atom. The van der Waals surface area contributed by atoms with E-state index in [0.29, 0.717) is 6.04 Å². The van der Waals surface area contributed by atoms with Crippen LogP contribution in [0.25, 0.3) is 0 Å². The monoisotopic (exact) mass is 247 g/mol. The summed E-state index contributed by atoms with van der Waals surface area (Å²) in [5.41, 5.74) is 1.09. The number of rotatable bonds is 5. The maximum Gasteiger partial charge on any atom is 0.127 e. The maximum atomic E-state index is 4.25. The summed E-state index contributed by atoms with van der Waals surface area (Å²) < 4.78 is 0. The average molecular weight is 247 g/mol. The van der Waals surface area contributed by atoms with Crippen LogP contribution in [0.5, 0.6) is 0 Å². The summed E-state index contributed by atoms with van der Waals surface area (Å²) in [5, 5.41) is 8.78. The minimum absolute atomic E-state index is 0.326. The molecule has 0 aliphatic heterocycles. The second-order valence-electron chi connectivity index (χ2n) is 3.84. The number of pyridine rings is 1. The highest BCUT2D eigenvalue weighted by Gasteiger charge is 2.06. The molecule has 0 radical (unpaired) electrons. The zero-order valence-electron chi connectivity index (χ0n) is 10.1. The lowest BCUT2D eigenvalue weighted by molar-refractivity contribution is 0.907. The van der Waals surface area contributed by atoms with Crippen LogP contribution >= 0.6 is 11.3 Å². The van der Waals surface area contributed by atoms with Gasteiger partial charge in [0.1, 0.15) is 5.82 Å². The fourth-order valence-corrected chi connectivity index (χ4v) is 2.39. The van der Waals surface area contributed by atoms with Gasteiger partial charge in [-0.25, -0.2) is 4.98 Å². The van der Waals surface area contributed by atoms with Gasteiger partial charge in [0.15, 0.2) is 0 Å². The predicted molar refractivity (Wildman–Crippen MR) is 74.8 cm³/mol. The third-order valence-electron chi connectivity index (χ3n) is 2.47. The van der Waals surface area contributed by atoms with E-state index in [1.165, 1.54) is 4.88 Å². The van der Waals surface area contributed by atoms with Crippen LogP contribution in [-0.4, -0.2) is 11.5 Å². The van der Waals surface area contributed by atoms with Crippen LogP contribution in [0.4, 0.5) is 11.5 Å². The zero-order chi connectivity index (χ0) is 12.1. The summed E-state index contributed by atoms with van der Waals surface area (Å²) in [6.07, 6.45) is 1.82. The fourth-order valence-electron chi connectivity index (χ4n) is 1.66. The standard InChI is InChI=1S/C13H17N3S/c1-3-14-13-9-11(6-7-15-13)16-10(2)12-5-4-8-17-12/h4-10H,3H2,1-2H3,(H2,14,15,16). The van der Waals surface area contributed by atoms with E-state index in [9.17, 15) is 0 Å². The summed E-state index contributed by atoms with van der Waals surface area (Å²) in [4.78, 5) is 5.59. The molecule has 2 heterocycles. The van der Waals surface area contributed by atoms with Crippen LogP contribution in [0, 0.1) is 0 Å². The lowest BCUT2D eigenvalue weighted by atomic mass is 10.2. The van der Waals surface area contributed by atoms with Crippen molar-refractivity contribution in [3.63, 3.8) is 0 Å². The van der Waals surface area contributed by atoms with Crippen molar-refractivity contribution in [1.82, 2.24) is 4.98 Å². The Balaban J connectivity index is 2.05. The molecule has 2 N–H and O–H groups in total. The van der Waals surface area contributed by atoms with Crippen LogP contribution in [-0.2, 0) is 0 Å². The topological polar surface area (TPSA) is 37.0 Å². The molecule has 0 aromatic carbocycles. The minimum atomic E-state index is 0.326. The van der Waals surface area contributed by atoms with Gasteiger partial charge in [0.25, 0.3) is 0 Å². The van der Waals surface area contributed by atoms with E-state index in [1.807, 2.05) is 18.3 Å². The molecule has 0 saturated heterocycles. The van der Waals surface area contributed by atoms with Gasteiger partial charge in [0, 0.05) is 29.4 Å². The minimum Gasteiger partial charge on any atom is -0.378 e. The molecule has 0 aliphatic rings. The molecule has 2 rings (SSSR count). The summed E-state index contributed by atoms with van der Waals surface area (Å²) in [5.74, 6) is 0.913. The highest BCUT2D eigenvalue weighted by atomic mass is 32.1. The van der Waals surface area contributed by atoms with Crippen molar-refractivity contribution >= 4 is 22.8 Å². The molecular formula is C13H17N3S. The molecule has 3 nitrogen and oxygen atoms in total. The molecule has 4 heteroatoms. The molecule has 0 spiro atoms. The number of thiophene rings is 1. The lowest BCUT2D eigenvalue weighted by Gasteiger charge is -2.14. The normalized spacial score (nSPS) is 12.1. The summed E-state index contributed by atoms with van der Waals surface area (Å²) >= 11 is 1.77. The Morgan fingerprint density at radius 1 is 1.41 bits per heavy atom. The fraction of sp³-hybridized carbons (Fsp3) is 0.308. The molecule has 2 aromatic heterocycles. The second-order valence-corrected chi connectivity index (χ2v) is 4.82. The highest BCUT2D eigenvalue weighted by molar-refractivity contribution is 7.10. The van der Waals surface area contributed by atoms with E-state index in [2.05, 4.69) is 47.0 Å². The van der Waals surface area contributed by atoms with Gasteiger partial charge in [-0.3, -0.25) is 0 Å². The van der Waals surface area contributed by atoms with Crippen LogP contribution in [0.1, 0.15) is 24.8 Å². The number of anilines is 2. The van der Waals surface area contributed by atoms with Crippen molar-refractivity contribution in [2.24, 2.45) is 0 Å². The SMILES string of the molecule is CCNc1cc(NC(C)c2cccs2)ccn1. The predicted octanol–water partition coefficient (Wildman–Crippen LogP) is 3.75. The quantitative estimate of drug-likeness (QED) is 0.845. The first-order chi connectivity index (χ1) is 8.29. The van der Waals surface area contributed by atoms with Crippen molar-refractivity contribution in [1.29, 1.82) is 0 Å². The van der Waals surface area contributed by atoms with Crippen molar-refractivity contribution in [3.05, 3.63) is 40.7 Å². The Kier molecular flexibility index (Phi) is 3.98. The van der Waals surface area contributed by atoms with Gasteiger partial charge in [0.2, 0.25) is 0 Å². The Morgan fingerprint density at radius 3 is 3.00 bits per heavy atom. The third-order valence-corrected chi connectivity index (χ3v) is 3.53. The van der Waals surface area contributed by atoms with Crippen LogP contribution in [0.15, 0.2) is 35.8 Å². The molecule has 1 unspecified atom stereocenters. The Bertz CT molecular complexity index is 453. The molecule has 0 bridgehead atoms. The van der Waals surface area contributed by atoms with Gasteiger partial charge in [-0.05, 0) is 31.4 Å². The highest BCUT2D eigenvalue weighted by Crippen LogP contribution is 2.23. The smallest absolute Gasteiger partial charge is 0.127 e. The number of nitrogens with zero attached hydrogens (tertiary/aromatic N) is 1. The van der Waals surface area contributed by atoms with Gasteiger partial charge in [-0.1, -0.05) is 6.07 Å². The van der Waals surface area contributed by atoms with E-state index >= 15 is 0 Å². The summed E-state index contributed by atoms with van der Waals surface area (Å²) in [7, 11) is 0. The number of nitrogens with one attached hydrogen (secondary N) is 2. The second kappa shape index (κ2) is 5.68. The molecule has 0 saturated carbocycles. The number of hydrogen-bond donors (Lipinski definition) is 2. The van der Waals surface area contributed by atoms with E-state index in [4.69, 9.17) is 0 Å². The van der Waals surface area contributed by atoms with E-state index in [0.717, 1.165) is 18.1 Å². The van der Waals surface area contributed by atoms with Crippen LogP contribution < -0.4 is 10.6 Å². The van der Waals surface area contributed by atoms with Gasteiger partial charge in [-0.2, -0.15) is 0 Å². The van der Waals surface area contributed by atoms with Crippen molar-refractivity contribution < 1.29 is 0 Å². The lowest BCUT2D eigenvalue weighted by Crippen LogP contribution is -2.06. The zero-order valence-corrected chi connectivity index (χ0v) is 10.9. The largest absolute Gasteiger partial charge is 0.378 e. The maximum absolute atomic E-state index is 4.25. The van der Waals surface area contributed by atoms with Crippen molar-refractivity contribution in [3.8, 4) is 0 Å². The molecule has 2 aromatic rings. The van der Waals surface area contributed by atoms with Gasteiger partial charge >= 0.3 is 0 Å². The van der Waals surface area contributed by atoms with E-state index in [1.54, 1.807) is 11.3 Å². The van der Waals surface area contributed by atoms with Crippen molar-refractivity contribution in [2.75, 3.05) is 17.2 Å². The first kappa shape index (κ1) is 11.9. The van der Waals surface area contributed by atoms with Gasteiger partial charge < -0.3 is 10.6 Å². The van der Waals surface area contributed by atoms with Gasteiger partial charge in [-0.15, -0.1) is 11.3 Å². The van der Waals surface area contributed by atoms with Crippen LogP contribution in [0.2, 0.25) is 0 Å². The summed E-state index contributed by atoms with van der Waals surface area (Å²) in [6.45, 7) is 5.12. The average Bonchev–Trinajstić information content (AvgIpc) is 2.83. The molecule has 90 valence electrons. The van der Waals surface area contributed by atoms with Crippen molar-refractivity contribution in [2.45, 2.75) is 19.9 Å². The number of aromatic nitrogens is 1. The molecular weight excluding hydrogens is 230 g/mol. The first-order valence-corrected chi connectivity index (χ1v) is 6.67. The molecule has 0 aliphatic carbocycles. The third kappa shape index (κ3) is 3.20. The first-order valence-electron chi connectivity index (χ1n) is 5.79. The Hall–Kier alpha value is -1.55. The number of hydrogen-bond acceptors (Lipinski definition) is 4. The molecule has 0 amide bonds. The molecule has 0 fully saturated rings. The van der Waals surface area contributed by atoms with Crippen LogP contribution in [0.3, 0.4) is 0 Å². The summed E-state index contributed by atoms with van der Waals surface area (Å²) in [6, 6.07) is 8.58. The van der Waals surface area contributed by atoms with Gasteiger partial charge in [0.05, 0.1) is 6.04 Å². The molecule has 17 heavy (non-hydrogen) atoms. The Labute approximate surface area is 106 Å².